The molecule has 110 valence electrons. The van der Waals surface area contributed by atoms with E-state index in [1.54, 1.807) is 0 Å². The van der Waals surface area contributed by atoms with Crippen molar-refractivity contribution in [2.75, 3.05) is 30.4 Å². The van der Waals surface area contributed by atoms with Crippen LogP contribution in [0.25, 0.3) is 0 Å². The number of anilines is 2. The number of ether oxygens (including phenoxy) is 1. The van der Waals surface area contributed by atoms with Crippen LogP contribution in [-0.2, 0) is 9.53 Å². The molecule has 2 rings (SSSR count). The summed E-state index contributed by atoms with van der Waals surface area (Å²) in [6, 6.07) is -0.517. The maximum atomic E-state index is 11.6. The molecular formula is C13H21N5O2. The van der Waals surface area contributed by atoms with Gasteiger partial charge >= 0.3 is 0 Å². The number of amides is 1. The zero-order valence-corrected chi connectivity index (χ0v) is 12.1. The molecule has 0 aliphatic carbocycles. The summed E-state index contributed by atoms with van der Waals surface area (Å²) in [5.41, 5.74) is 12.2. The fourth-order valence-electron chi connectivity index (χ4n) is 2.17. The summed E-state index contributed by atoms with van der Waals surface area (Å²) in [6.07, 6.45) is 0. The van der Waals surface area contributed by atoms with E-state index in [-0.39, 0.29) is 12.5 Å². The Hall–Kier alpha value is -1.89. The van der Waals surface area contributed by atoms with Gasteiger partial charge in [0.2, 0.25) is 5.91 Å². The Labute approximate surface area is 118 Å². The van der Waals surface area contributed by atoms with Crippen molar-refractivity contribution in [1.82, 2.24) is 9.97 Å². The fourth-order valence-corrected chi connectivity index (χ4v) is 2.17. The molecule has 0 spiro atoms. The van der Waals surface area contributed by atoms with Crippen molar-refractivity contribution in [2.45, 2.75) is 32.7 Å². The minimum Gasteiger partial charge on any atom is -0.383 e. The molecule has 1 atom stereocenters. The van der Waals surface area contributed by atoms with Crippen molar-refractivity contribution >= 4 is 17.5 Å². The van der Waals surface area contributed by atoms with Crippen LogP contribution in [0.5, 0.6) is 0 Å². The summed E-state index contributed by atoms with van der Waals surface area (Å²) in [5.74, 6) is 1.51. The van der Waals surface area contributed by atoms with E-state index in [2.05, 4.69) is 9.97 Å². The Bertz CT molecular complexity index is 518. The Morgan fingerprint density at radius 1 is 1.45 bits per heavy atom. The molecule has 4 N–H and O–H groups in total. The van der Waals surface area contributed by atoms with Gasteiger partial charge in [-0.2, -0.15) is 0 Å². The van der Waals surface area contributed by atoms with Gasteiger partial charge in [-0.15, -0.1) is 0 Å². The summed E-state index contributed by atoms with van der Waals surface area (Å²) in [4.78, 5) is 22.3. The Morgan fingerprint density at radius 3 is 2.75 bits per heavy atom. The lowest BCUT2D eigenvalue weighted by Crippen LogP contribution is -2.53. The third-order valence-electron chi connectivity index (χ3n) is 3.42. The molecule has 0 bridgehead atoms. The molecule has 7 heteroatoms. The normalized spacial score (nSPS) is 19.4. The van der Waals surface area contributed by atoms with Gasteiger partial charge in [-0.1, -0.05) is 13.8 Å². The number of morpholine rings is 1. The quantitative estimate of drug-likeness (QED) is 0.817. The van der Waals surface area contributed by atoms with E-state index in [4.69, 9.17) is 16.2 Å². The molecule has 1 unspecified atom stereocenters. The van der Waals surface area contributed by atoms with Gasteiger partial charge in [-0.3, -0.25) is 4.79 Å². The lowest BCUT2D eigenvalue weighted by atomic mass is 10.1. The van der Waals surface area contributed by atoms with Crippen LogP contribution in [0.2, 0.25) is 0 Å². The van der Waals surface area contributed by atoms with Crippen LogP contribution >= 0.6 is 0 Å². The second kappa shape index (κ2) is 5.62. The number of nitrogens with zero attached hydrogens (tertiary/aromatic N) is 3. The average Bonchev–Trinajstić information content (AvgIpc) is 2.41. The summed E-state index contributed by atoms with van der Waals surface area (Å²) in [6.45, 7) is 7.21. The molecule has 0 aromatic carbocycles. The second-order valence-electron chi connectivity index (χ2n) is 5.26. The number of nitrogen functional groups attached to an aromatic ring is 1. The van der Waals surface area contributed by atoms with Crippen molar-refractivity contribution in [3.63, 3.8) is 0 Å². The van der Waals surface area contributed by atoms with Gasteiger partial charge in [-0.05, 0) is 6.92 Å². The third-order valence-corrected chi connectivity index (χ3v) is 3.42. The molecule has 1 aromatic heterocycles. The molecule has 1 amide bonds. The summed E-state index contributed by atoms with van der Waals surface area (Å²) in [5, 5.41) is 0. The zero-order valence-electron chi connectivity index (χ0n) is 12.1. The first kappa shape index (κ1) is 14.5. The van der Waals surface area contributed by atoms with Crippen molar-refractivity contribution in [3.05, 3.63) is 11.4 Å². The highest BCUT2D eigenvalue weighted by molar-refractivity contribution is 5.84. The molecular weight excluding hydrogens is 258 g/mol. The number of aromatic nitrogens is 2. The Morgan fingerprint density at radius 2 is 2.15 bits per heavy atom. The summed E-state index contributed by atoms with van der Waals surface area (Å²) < 4.78 is 5.33. The molecule has 0 radical (unpaired) electrons. The summed E-state index contributed by atoms with van der Waals surface area (Å²) >= 11 is 0. The molecule has 1 aliphatic rings. The number of carbonyl (C=O) groups excluding carboxylic acids is 1. The molecule has 20 heavy (non-hydrogen) atoms. The van der Waals surface area contributed by atoms with Crippen molar-refractivity contribution in [3.8, 4) is 0 Å². The molecule has 1 aliphatic heterocycles. The highest BCUT2D eigenvalue weighted by atomic mass is 16.5. The van der Waals surface area contributed by atoms with E-state index in [0.717, 1.165) is 5.56 Å². The minimum absolute atomic E-state index is 0.157. The van der Waals surface area contributed by atoms with E-state index in [9.17, 15) is 4.79 Å². The molecule has 1 fully saturated rings. The summed E-state index contributed by atoms with van der Waals surface area (Å²) in [7, 11) is 0. The number of nitrogens with two attached hydrogens (primary N) is 2. The van der Waals surface area contributed by atoms with E-state index >= 15 is 0 Å². The van der Waals surface area contributed by atoms with E-state index in [1.807, 2.05) is 25.7 Å². The number of hydrogen-bond donors (Lipinski definition) is 2. The van der Waals surface area contributed by atoms with Crippen molar-refractivity contribution in [1.29, 1.82) is 0 Å². The predicted molar refractivity (Wildman–Crippen MR) is 76.4 cm³/mol. The van der Waals surface area contributed by atoms with Gasteiger partial charge < -0.3 is 21.1 Å². The fraction of sp³-hybridized carbons (Fsp3) is 0.615. The smallest absolute Gasteiger partial charge is 0.242 e. The monoisotopic (exact) mass is 279 g/mol. The van der Waals surface area contributed by atoms with Gasteiger partial charge in [0.25, 0.3) is 0 Å². The minimum atomic E-state index is -0.517. The Kier molecular flexibility index (Phi) is 4.08. The van der Waals surface area contributed by atoms with Crippen LogP contribution in [0.3, 0.4) is 0 Å². The van der Waals surface area contributed by atoms with Gasteiger partial charge in [0.15, 0.2) is 0 Å². The van der Waals surface area contributed by atoms with Gasteiger partial charge in [0.05, 0.1) is 13.2 Å². The standard InChI is InChI=1S/C13H21N5O2/c1-7(2)12-16-10(14)8(3)13(17-12)18-4-5-20-6-9(18)11(15)19/h7,9H,4-6H2,1-3H3,(H2,15,19)(H2,14,16,17). The van der Waals surface area contributed by atoms with E-state index < -0.39 is 11.9 Å². The van der Waals surface area contributed by atoms with Crippen LogP contribution in [0, 0.1) is 6.92 Å². The maximum absolute atomic E-state index is 11.6. The van der Waals surface area contributed by atoms with Crippen LogP contribution < -0.4 is 16.4 Å². The number of primary amides is 1. The van der Waals surface area contributed by atoms with Crippen LogP contribution in [-0.4, -0.2) is 41.7 Å². The van der Waals surface area contributed by atoms with Crippen LogP contribution in [0.4, 0.5) is 11.6 Å². The highest BCUT2D eigenvalue weighted by Gasteiger charge is 2.30. The van der Waals surface area contributed by atoms with Crippen LogP contribution in [0.15, 0.2) is 0 Å². The second-order valence-corrected chi connectivity index (χ2v) is 5.26. The first-order valence-corrected chi connectivity index (χ1v) is 6.69. The largest absolute Gasteiger partial charge is 0.383 e. The number of carbonyl (C=O) groups is 1. The van der Waals surface area contributed by atoms with Crippen molar-refractivity contribution in [2.24, 2.45) is 5.73 Å². The predicted octanol–water partition coefficient (Wildman–Crippen LogP) is 0.181. The molecule has 1 saturated heterocycles. The number of hydrogen-bond acceptors (Lipinski definition) is 6. The molecule has 2 heterocycles. The highest BCUT2D eigenvalue weighted by Crippen LogP contribution is 2.26. The molecule has 7 nitrogen and oxygen atoms in total. The third kappa shape index (κ3) is 2.67. The SMILES string of the molecule is Cc1c(N)nc(C(C)C)nc1N1CCOCC1C(N)=O. The van der Waals surface area contributed by atoms with Gasteiger partial charge in [0, 0.05) is 18.0 Å². The molecule has 1 aromatic rings. The van der Waals surface area contributed by atoms with Crippen molar-refractivity contribution < 1.29 is 9.53 Å². The van der Waals surface area contributed by atoms with Crippen LogP contribution in [0.1, 0.15) is 31.2 Å². The maximum Gasteiger partial charge on any atom is 0.242 e. The van der Waals surface area contributed by atoms with Gasteiger partial charge in [0.1, 0.15) is 23.5 Å². The first-order valence-electron chi connectivity index (χ1n) is 6.69. The van der Waals surface area contributed by atoms with Gasteiger partial charge in [-0.25, -0.2) is 9.97 Å². The topological polar surface area (TPSA) is 107 Å². The lowest BCUT2D eigenvalue weighted by Gasteiger charge is -2.35. The van der Waals surface area contributed by atoms with E-state index in [0.29, 0.717) is 30.6 Å². The van der Waals surface area contributed by atoms with E-state index in [1.165, 1.54) is 0 Å². The lowest BCUT2D eigenvalue weighted by molar-refractivity contribution is -0.121. The first-order chi connectivity index (χ1) is 9.41. The number of rotatable bonds is 3. The Balaban J connectivity index is 2.46. The zero-order chi connectivity index (χ0) is 14.9. The average molecular weight is 279 g/mol. The molecule has 0 saturated carbocycles.